The van der Waals surface area contributed by atoms with Crippen LogP contribution in [0.5, 0.6) is 0 Å². The summed E-state index contributed by atoms with van der Waals surface area (Å²) in [5.41, 5.74) is 9.45. The van der Waals surface area contributed by atoms with Crippen molar-refractivity contribution in [3.63, 3.8) is 0 Å². The van der Waals surface area contributed by atoms with Gasteiger partial charge >= 0.3 is 0 Å². The van der Waals surface area contributed by atoms with Crippen LogP contribution in [0.3, 0.4) is 0 Å². The molecular weight excluding hydrogens is 364 g/mol. The summed E-state index contributed by atoms with van der Waals surface area (Å²) in [5, 5.41) is 9.21. The molecule has 0 aliphatic rings. The number of aryl methyl sites for hydroxylation is 1. The van der Waals surface area contributed by atoms with Crippen LogP contribution < -0.4 is 0 Å². The fourth-order valence-electron chi connectivity index (χ4n) is 3.92. The van der Waals surface area contributed by atoms with Gasteiger partial charge in [-0.05, 0) is 69.8 Å². The van der Waals surface area contributed by atoms with E-state index in [1.165, 1.54) is 36.0 Å². The molecule has 0 heterocycles. The first-order chi connectivity index (χ1) is 14.7. The van der Waals surface area contributed by atoms with Crippen molar-refractivity contribution >= 4 is 12.2 Å². The van der Waals surface area contributed by atoms with Gasteiger partial charge in [0.1, 0.15) is 0 Å². The van der Waals surface area contributed by atoms with E-state index < -0.39 is 0 Å². The van der Waals surface area contributed by atoms with Gasteiger partial charge in [0.15, 0.2) is 0 Å². The van der Waals surface area contributed by atoms with Crippen molar-refractivity contribution < 1.29 is 5.11 Å². The van der Waals surface area contributed by atoms with Gasteiger partial charge in [-0.25, -0.2) is 0 Å². The monoisotopic (exact) mass is 396 g/mol. The van der Waals surface area contributed by atoms with Crippen molar-refractivity contribution in [3.8, 4) is 22.3 Å². The molecule has 0 amide bonds. The lowest BCUT2D eigenvalue weighted by Gasteiger charge is -2.13. The molecular formula is C29H32O. The topological polar surface area (TPSA) is 20.2 Å². The van der Waals surface area contributed by atoms with E-state index in [2.05, 4.69) is 80.7 Å². The number of hydrogen-bond acceptors (Lipinski definition) is 1. The Morgan fingerprint density at radius 3 is 1.97 bits per heavy atom. The Hall–Kier alpha value is -2.90. The highest BCUT2D eigenvalue weighted by molar-refractivity contribution is 5.82. The first-order valence-corrected chi connectivity index (χ1v) is 10.9. The molecule has 0 unspecified atom stereocenters. The van der Waals surface area contributed by atoms with Crippen LogP contribution in [0.25, 0.3) is 34.4 Å². The molecule has 0 bridgehead atoms. The average molecular weight is 397 g/mol. The molecule has 3 aromatic rings. The molecule has 3 aromatic carbocycles. The number of benzene rings is 3. The van der Waals surface area contributed by atoms with Gasteiger partial charge in [-0.15, -0.1) is 0 Å². The summed E-state index contributed by atoms with van der Waals surface area (Å²) in [6.07, 6.45) is 9.43. The predicted molar refractivity (Wildman–Crippen MR) is 132 cm³/mol. The highest BCUT2D eigenvalue weighted by atomic mass is 16.2. The molecule has 0 aromatic heterocycles. The second kappa shape index (κ2) is 10.8. The zero-order chi connectivity index (χ0) is 21.3. The zero-order valence-corrected chi connectivity index (χ0v) is 18.0. The fourth-order valence-corrected chi connectivity index (χ4v) is 3.92. The van der Waals surface area contributed by atoms with Gasteiger partial charge in [0.2, 0.25) is 0 Å². The van der Waals surface area contributed by atoms with Gasteiger partial charge in [-0.2, -0.15) is 0 Å². The van der Waals surface area contributed by atoms with Gasteiger partial charge in [0.05, 0.1) is 0 Å². The van der Waals surface area contributed by atoms with Crippen molar-refractivity contribution in [1.29, 1.82) is 0 Å². The SMILES string of the molecule is C=Cc1cc(CCO)ccc1-c1ccc(-c2ccc(CCCCC)cc2)c(C=C)c1. The number of aliphatic hydroxyl groups excluding tert-OH is 1. The van der Waals surface area contributed by atoms with E-state index in [1.807, 2.05) is 12.2 Å². The minimum absolute atomic E-state index is 0.155. The molecule has 3 rings (SSSR count). The molecule has 1 N–H and O–H groups in total. The summed E-state index contributed by atoms with van der Waals surface area (Å²) in [4.78, 5) is 0. The fraction of sp³-hybridized carbons (Fsp3) is 0.241. The quantitative estimate of drug-likeness (QED) is 0.350. The van der Waals surface area contributed by atoms with Gasteiger partial charge in [-0.3, -0.25) is 0 Å². The van der Waals surface area contributed by atoms with Crippen LogP contribution in [-0.4, -0.2) is 11.7 Å². The molecule has 1 nitrogen and oxygen atoms in total. The third-order valence-electron chi connectivity index (χ3n) is 5.65. The van der Waals surface area contributed by atoms with Gasteiger partial charge < -0.3 is 5.11 Å². The van der Waals surface area contributed by atoms with Crippen LogP contribution in [0.1, 0.15) is 48.4 Å². The Balaban J connectivity index is 1.90. The molecule has 0 radical (unpaired) electrons. The third-order valence-corrected chi connectivity index (χ3v) is 5.65. The largest absolute Gasteiger partial charge is 0.396 e. The standard InChI is InChI=1S/C29H32O/c1-4-7-8-9-22-10-13-26(14-11-22)28-17-15-27(21-25(28)6-3)29-16-12-23(18-19-30)20-24(29)5-2/h5-6,10-17,20-21,30H,2-4,7-9,18-19H2,1H3. The normalized spacial score (nSPS) is 10.7. The number of rotatable bonds is 10. The zero-order valence-electron chi connectivity index (χ0n) is 18.0. The van der Waals surface area contributed by atoms with Crippen molar-refractivity contribution in [2.45, 2.75) is 39.0 Å². The molecule has 0 aliphatic carbocycles. The van der Waals surface area contributed by atoms with E-state index in [9.17, 15) is 5.11 Å². The average Bonchev–Trinajstić information content (AvgIpc) is 2.79. The highest BCUT2D eigenvalue weighted by Crippen LogP contribution is 2.32. The lowest BCUT2D eigenvalue weighted by atomic mass is 9.91. The Morgan fingerprint density at radius 2 is 1.30 bits per heavy atom. The maximum Gasteiger partial charge on any atom is 0.0471 e. The van der Waals surface area contributed by atoms with Crippen molar-refractivity contribution in [3.05, 3.63) is 96.1 Å². The van der Waals surface area contributed by atoms with E-state index in [1.54, 1.807) is 0 Å². The Labute approximate surface area is 181 Å². The van der Waals surface area contributed by atoms with Crippen LogP contribution in [0.15, 0.2) is 73.8 Å². The van der Waals surface area contributed by atoms with Crippen LogP contribution in [0.2, 0.25) is 0 Å². The molecule has 0 saturated heterocycles. The smallest absolute Gasteiger partial charge is 0.0471 e. The van der Waals surface area contributed by atoms with Crippen LogP contribution in [0, 0.1) is 0 Å². The van der Waals surface area contributed by atoms with Gasteiger partial charge in [0.25, 0.3) is 0 Å². The molecule has 0 saturated carbocycles. The minimum Gasteiger partial charge on any atom is -0.396 e. The minimum atomic E-state index is 0.155. The third kappa shape index (κ3) is 5.17. The Kier molecular flexibility index (Phi) is 7.82. The van der Waals surface area contributed by atoms with E-state index in [-0.39, 0.29) is 6.61 Å². The van der Waals surface area contributed by atoms with Crippen molar-refractivity contribution in [2.24, 2.45) is 0 Å². The van der Waals surface area contributed by atoms with E-state index in [0.29, 0.717) is 6.42 Å². The summed E-state index contributed by atoms with van der Waals surface area (Å²) in [6, 6.07) is 21.8. The first kappa shape index (κ1) is 21.8. The van der Waals surface area contributed by atoms with Crippen LogP contribution >= 0.6 is 0 Å². The summed E-state index contributed by atoms with van der Waals surface area (Å²) < 4.78 is 0. The molecule has 0 fully saturated rings. The van der Waals surface area contributed by atoms with Crippen molar-refractivity contribution in [1.82, 2.24) is 0 Å². The van der Waals surface area contributed by atoms with Gasteiger partial charge in [-0.1, -0.05) is 99.7 Å². The summed E-state index contributed by atoms with van der Waals surface area (Å²) in [5.74, 6) is 0. The molecule has 0 spiro atoms. The maximum atomic E-state index is 9.21. The molecule has 154 valence electrons. The lowest BCUT2D eigenvalue weighted by molar-refractivity contribution is 0.299. The predicted octanol–water partition coefficient (Wildman–Crippen LogP) is 7.57. The van der Waals surface area contributed by atoms with Crippen LogP contribution in [0.4, 0.5) is 0 Å². The summed E-state index contributed by atoms with van der Waals surface area (Å²) in [6.45, 7) is 10.4. The Bertz CT molecular complexity index is 995. The second-order valence-electron chi connectivity index (χ2n) is 7.76. The van der Waals surface area contributed by atoms with E-state index >= 15 is 0 Å². The first-order valence-electron chi connectivity index (χ1n) is 10.9. The van der Waals surface area contributed by atoms with Crippen molar-refractivity contribution in [2.75, 3.05) is 6.61 Å². The molecule has 30 heavy (non-hydrogen) atoms. The number of hydrogen-bond donors (Lipinski definition) is 1. The number of unbranched alkanes of at least 4 members (excludes halogenated alkanes) is 2. The van der Waals surface area contributed by atoms with Gasteiger partial charge in [0, 0.05) is 6.61 Å². The number of aliphatic hydroxyl groups is 1. The second-order valence-corrected chi connectivity index (χ2v) is 7.76. The summed E-state index contributed by atoms with van der Waals surface area (Å²) in [7, 11) is 0. The highest BCUT2D eigenvalue weighted by Gasteiger charge is 2.09. The summed E-state index contributed by atoms with van der Waals surface area (Å²) >= 11 is 0. The lowest BCUT2D eigenvalue weighted by Crippen LogP contribution is -1.93. The molecule has 1 heteroatoms. The molecule has 0 aliphatic heterocycles. The van der Waals surface area contributed by atoms with E-state index in [4.69, 9.17) is 0 Å². The Morgan fingerprint density at radius 1 is 0.700 bits per heavy atom. The molecule has 0 atom stereocenters. The maximum absolute atomic E-state index is 9.21. The van der Waals surface area contributed by atoms with E-state index in [0.717, 1.165) is 34.2 Å². The van der Waals surface area contributed by atoms with Crippen LogP contribution in [-0.2, 0) is 12.8 Å².